The minimum Gasteiger partial charge on any atom is -0.481 e. The fraction of sp³-hybridized carbons (Fsp3) is 0.816. The van der Waals surface area contributed by atoms with Crippen LogP contribution in [-0.2, 0) is 33.6 Å². The summed E-state index contributed by atoms with van der Waals surface area (Å²) in [7, 11) is 0. The quantitative estimate of drug-likeness (QED) is 0.0866. The summed E-state index contributed by atoms with van der Waals surface area (Å²) >= 11 is 0. The highest BCUT2D eigenvalue weighted by atomic mass is 16.4. The molecular formula is C38H65N7O9. The largest absolute Gasteiger partial charge is 0.481 e. The van der Waals surface area contributed by atoms with Gasteiger partial charge in [-0.25, -0.2) is 0 Å². The van der Waals surface area contributed by atoms with Gasteiger partial charge in [0.15, 0.2) is 0 Å². The fourth-order valence-electron chi connectivity index (χ4n) is 7.99. The lowest BCUT2D eigenvalue weighted by Gasteiger charge is -2.38. The number of carbonyl (C=O) groups excluding carboxylic acids is 6. The molecule has 1 aliphatic carbocycles. The van der Waals surface area contributed by atoms with Crippen molar-refractivity contribution in [1.82, 2.24) is 31.1 Å². The molecule has 2 heterocycles. The average Bonchev–Trinajstić information content (AvgIpc) is 3.65. The normalized spacial score (nSPS) is 21.9. The third-order valence-electron chi connectivity index (χ3n) is 11.1. The summed E-state index contributed by atoms with van der Waals surface area (Å²) in [4.78, 5) is 95.9. The first-order valence-electron chi connectivity index (χ1n) is 20.2. The van der Waals surface area contributed by atoms with Gasteiger partial charge in [-0.15, -0.1) is 0 Å². The van der Waals surface area contributed by atoms with Gasteiger partial charge in [0.25, 0.3) is 0 Å². The van der Waals surface area contributed by atoms with Crippen LogP contribution in [-0.4, -0.2) is 124 Å². The van der Waals surface area contributed by atoms with Gasteiger partial charge in [0.2, 0.25) is 35.4 Å². The Kier molecular flexibility index (Phi) is 18.6. The first-order valence-corrected chi connectivity index (χ1v) is 20.2. The zero-order valence-corrected chi connectivity index (χ0v) is 32.5. The van der Waals surface area contributed by atoms with Crippen molar-refractivity contribution in [3.8, 4) is 0 Å². The highest BCUT2D eigenvalue weighted by Gasteiger charge is 2.42. The van der Waals surface area contributed by atoms with Crippen LogP contribution in [0.1, 0.15) is 124 Å². The molecule has 8 N–H and O–H groups in total. The molecule has 0 bridgehead atoms. The number of nitrogens with two attached hydrogens (primary N) is 1. The summed E-state index contributed by atoms with van der Waals surface area (Å²) in [5.41, 5.74) is 5.71. The Morgan fingerprint density at radius 2 is 1.33 bits per heavy atom. The molecule has 3 rings (SSSR count). The minimum absolute atomic E-state index is 0.113. The molecule has 2 saturated heterocycles. The predicted molar refractivity (Wildman–Crippen MR) is 200 cm³/mol. The zero-order valence-electron chi connectivity index (χ0n) is 32.5. The molecule has 1 saturated carbocycles. The Labute approximate surface area is 319 Å². The molecule has 3 aliphatic rings. The number of likely N-dealkylation sites (tertiary alicyclic amines) is 2. The summed E-state index contributed by atoms with van der Waals surface area (Å²) in [6, 6.07) is -5.74. The molecule has 6 amide bonds. The molecule has 16 nitrogen and oxygen atoms in total. The van der Waals surface area contributed by atoms with Crippen LogP contribution >= 0.6 is 0 Å². The summed E-state index contributed by atoms with van der Waals surface area (Å²) in [5.74, 6) is -4.05. The topological polar surface area (TPSA) is 241 Å². The lowest BCUT2D eigenvalue weighted by Crippen LogP contribution is -2.62. The number of nitrogens with one attached hydrogen (secondary N) is 4. The molecule has 7 atom stereocenters. The number of amides is 6. The predicted octanol–water partition coefficient (Wildman–Crippen LogP) is 0.930. The van der Waals surface area contributed by atoms with E-state index in [-0.39, 0.29) is 37.8 Å². The lowest BCUT2D eigenvalue weighted by atomic mass is 9.79. The van der Waals surface area contributed by atoms with Gasteiger partial charge in [-0.05, 0) is 83.1 Å². The van der Waals surface area contributed by atoms with E-state index in [1.54, 1.807) is 0 Å². The number of aliphatic carboxylic acids is 1. The molecule has 0 aromatic heterocycles. The fourth-order valence-corrected chi connectivity index (χ4v) is 7.99. The van der Waals surface area contributed by atoms with Crippen LogP contribution < -0.4 is 27.0 Å². The maximum atomic E-state index is 14.0. The summed E-state index contributed by atoms with van der Waals surface area (Å²) < 4.78 is 0. The van der Waals surface area contributed by atoms with Crippen LogP contribution in [0.2, 0.25) is 0 Å². The van der Waals surface area contributed by atoms with E-state index in [0.717, 1.165) is 25.7 Å². The van der Waals surface area contributed by atoms with E-state index < -0.39 is 78.2 Å². The summed E-state index contributed by atoms with van der Waals surface area (Å²) in [6.07, 6.45) is 8.39. The maximum absolute atomic E-state index is 14.0. The Hall–Kier alpha value is -3.79. The number of hydrogen-bond donors (Lipinski definition) is 7. The van der Waals surface area contributed by atoms with Crippen LogP contribution in [0.25, 0.3) is 0 Å². The molecule has 0 unspecified atom stereocenters. The number of unbranched alkanes of at least 4 members (excludes halogenated alkanes) is 1. The van der Waals surface area contributed by atoms with Crippen molar-refractivity contribution in [2.45, 2.75) is 160 Å². The molecule has 54 heavy (non-hydrogen) atoms. The van der Waals surface area contributed by atoms with Crippen LogP contribution in [0.3, 0.4) is 0 Å². The van der Waals surface area contributed by atoms with Gasteiger partial charge in [0.05, 0.1) is 12.5 Å². The maximum Gasteiger partial charge on any atom is 0.305 e. The highest BCUT2D eigenvalue weighted by molar-refractivity contribution is 5.98. The van der Waals surface area contributed by atoms with E-state index in [1.165, 1.54) is 23.1 Å². The number of hydrogen-bond acceptors (Lipinski definition) is 9. The van der Waals surface area contributed by atoms with Gasteiger partial charge in [-0.3, -0.25) is 33.6 Å². The van der Waals surface area contributed by atoms with Gasteiger partial charge in [0.1, 0.15) is 30.2 Å². The standard InChI is InChI=1S/C38H65N7O9/c1-4-19-40-36(52)33(25(3)46)43-35(51)29-16-9-11-20-44(29)38(54)28(23-32(48)49)42-34(50)30-17-12-21-45(30)37(53)27(15-8-10-18-39)41-31(47)22-24(2)26-13-6-5-7-14-26/h24-30,33,46H,4-23,39H2,1-3H3,(H,40,52)(H,41,47)(H,42,50)(H,43,51)(H,48,49)/t24-,25+,27-,28-,29-,30-,33-/m0/s1. The number of carbonyl (C=O) groups is 7. The molecule has 0 aromatic carbocycles. The third kappa shape index (κ3) is 13.2. The van der Waals surface area contributed by atoms with Crippen molar-refractivity contribution in [3.05, 3.63) is 0 Å². The van der Waals surface area contributed by atoms with E-state index in [9.17, 15) is 43.8 Å². The number of aliphatic hydroxyl groups excluding tert-OH is 1. The van der Waals surface area contributed by atoms with E-state index in [0.29, 0.717) is 70.4 Å². The van der Waals surface area contributed by atoms with Crippen molar-refractivity contribution in [2.24, 2.45) is 17.6 Å². The second kappa shape index (κ2) is 22.6. The first kappa shape index (κ1) is 44.6. The van der Waals surface area contributed by atoms with Crippen molar-refractivity contribution in [2.75, 3.05) is 26.2 Å². The zero-order chi connectivity index (χ0) is 39.8. The van der Waals surface area contributed by atoms with Crippen LogP contribution in [0.4, 0.5) is 0 Å². The van der Waals surface area contributed by atoms with E-state index in [2.05, 4.69) is 28.2 Å². The van der Waals surface area contributed by atoms with Gasteiger partial charge < -0.3 is 47.0 Å². The van der Waals surface area contributed by atoms with Crippen molar-refractivity contribution >= 4 is 41.4 Å². The molecule has 3 fully saturated rings. The first-order chi connectivity index (χ1) is 25.8. The Morgan fingerprint density at radius 3 is 1.94 bits per heavy atom. The Bertz CT molecular complexity index is 1290. The second-order valence-electron chi connectivity index (χ2n) is 15.4. The van der Waals surface area contributed by atoms with Gasteiger partial charge in [-0.1, -0.05) is 46.0 Å². The highest BCUT2D eigenvalue weighted by Crippen LogP contribution is 2.31. The Balaban J connectivity index is 1.74. The number of piperidine rings is 1. The molecule has 0 spiro atoms. The molecule has 306 valence electrons. The van der Waals surface area contributed by atoms with Gasteiger partial charge >= 0.3 is 5.97 Å². The molecule has 2 aliphatic heterocycles. The lowest BCUT2D eigenvalue weighted by molar-refractivity contribution is -0.150. The number of nitrogens with zero attached hydrogens (tertiary/aromatic N) is 2. The van der Waals surface area contributed by atoms with Gasteiger partial charge in [0, 0.05) is 26.1 Å². The second-order valence-corrected chi connectivity index (χ2v) is 15.4. The van der Waals surface area contributed by atoms with E-state index in [4.69, 9.17) is 5.73 Å². The van der Waals surface area contributed by atoms with E-state index >= 15 is 0 Å². The van der Waals surface area contributed by atoms with Crippen molar-refractivity contribution in [3.63, 3.8) is 0 Å². The molecule has 0 radical (unpaired) electrons. The summed E-state index contributed by atoms with van der Waals surface area (Å²) in [5, 5.41) is 30.7. The van der Waals surface area contributed by atoms with Crippen LogP contribution in [0.15, 0.2) is 0 Å². The SMILES string of the molecule is CCCNC(=O)[C@@H](NC(=O)[C@@H]1CCCCN1C(=O)[C@H](CC(=O)O)NC(=O)[C@@H]1CCCN1C(=O)[C@H](CCCCN)NC(=O)C[C@H](C)C1CCCCC1)[C@@H](C)O. The average molecular weight is 764 g/mol. The third-order valence-corrected chi connectivity index (χ3v) is 11.1. The number of carboxylic acid groups (broad SMARTS) is 1. The van der Waals surface area contributed by atoms with Crippen LogP contribution in [0.5, 0.6) is 0 Å². The minimum atomic E-state index is -1.54. The van der Waals surface area contributed by atoms with Crippen LogP contribution in [0, 0.1) is 11.8 Å². The smallest absolute Gasteiger partial charge is 0.305 e. The van der Waals surface area contributed by atoms with E-state index in [1.807, 2.05) is 6.92 Å². The molecule has 16 heteroatoms. The van der Waals surface area contributed by atoms with Crippen molar-refractivity contribution < 1.29 is 43.8 Å². The monoisotopic (exact) mass is 763 g/mol. The number of rotatable bonds is 20. The van der Waals surface area contributed by atoms with Crippen molar-refractivity contribution in [1.29, 1.82) is 0 Å². The number of aliphatic hydroxyl groups is 1. The molecule has 0 aromatic rings. The summed E-state index contributed by atoms with van der Waals surface area (Å²) in [6.45, 7) is 6.44. The Morgan fingerprint density at radius 1 is 0.741 bits per heavy atom. The van der Waals surface area contributed by atoms with Gasteiger partial charge in [-0.2, -0.15) is 0 Å². The number of carboxylic acids is 1. The molecular weight excluding hydrogens is 698 g/mol.